The summed E-state index contributed by atoms with van der Waals surface area (Å²) in [5.41, 5.74) is -1.82. The molecule has 3 aromatic rings. The zero-order valence-electron chi connectivity index (χ0n) is 22.3. The number of aliphatic hydroxyl groups excluding tert-OH is 2. The zero-order valence-corrected chi connectivity index (χ0v) is 22.3. The van der Waals surface area contributed by atoms with Crippen LogP contribution in [-0.2, 0) is 18.9 Å². The third-order valence-corrected chi connectivity index (χ3v) is 6.43. The Morgan fingerprint density at radius 3 is 1.13 bits per heavy atom. The maximum absolute atomic E-state index is 13.1. The van der Waals surface area contributed by atoms with Crippen molar-refractivity contribution in [3.8, 4) is 51.7 Å². The number of aliphatic hydroxyl groups is 2. The van der Waals surface area contributed by atoms with Gasteiger partial charge >= 0.3 is 17.9 Å². The molecule has 1 heterocycles. The normalized spacial score (nSPS) is 21.1. The lowest BCUT2D eigenvalue weighted by Crippen LogP contribution is -2.62. The predicted molar refractivity (Wildman–Crippen MR) is 140 cm³/mol. The van der Waals surface area contributed by atoms with E-state index in [4.69, 9.17) is 18.9 Å². The Balaban J connectivity index is 1.75. The van der Waals surface area contributed by atoms with Crippen molar-refractivity contribution < 1.29 is 89.5 Å². The van der Waals surface area contributed by atoms with Gasteiger partial charge in [0.25, 0.3) is 0 Å². The molecule has 0 bridgehead atoms. The van der Waals surface area contributed by atoms with Crippen LogP contribution in [0.2, 0.25) is 0 Å². The summed E-state index contributed by atoms with van der Waals surface area (Å²) < 4.78 is 21.1. The maximum Gasteiger partial charge on any atom is 0.339 e. The van der Waals surface area contributed by atoms with Crippen LogP contribution in [0.5, 0.6) is 51.7 Å². The van der Waals surface area contributed by atoms with Crippen molar-refractivity contribution in [3.05, 3.63) is 53.1 Å². The van der Waals surface area contributed by atoms with Crippen LogP contribution >= 0.6 is 0 Å². The molecule has 18 heteroatoms. The fraction of sp³-hybridized carbons (Fsp3) is 0.222. The van der Waals surface area contributed by atoms with Crippen molar-refractivity contribution in [2.75, 3.05) is 6.61 Å². The number of benzene rings is 3. The van der Waals surface area contributed by atoms with Crippen LogP contribution in [0.25, 0.3) is 0 Å². The monoisotopic (exact) mass is 636 g/mol. The van der Waals surface area contributed by atoms with E-state index in [1.54, 1.807) is 0 Å². The molecule has 0 aromatic heterocycles. The van der Waals surface area contributed by atoms with Crippen molar-refractivity contribution in [2.45, 2.75) is 30.7 Å². The smallest absolute Gasteiger partial charge is 0.339 e. The number of phenols is 9. The molecule has 0 saturated carbocycles. The second-order valence-electron chi connectivity index (χ2n) is 9.45. The van der Waals surface area contributed by atoms with Crippen molar-refractivity contribution in [3.63, 3.8) is 0 Å². The standard InChI is InChI=1S/C27H24O18/c28-7-17-21(43-24(38)8-1-11(29)18(35)12(30)2-8)22(44-25(39)9-3-13(31)19(36)14(32)4-9)23(27(41)42-17)45-26(40)10-5-15(33)20(37)16(34)6-10/h1-6,17,21-23,27-37,41H,7H2/t17-,21-,22+,23-,27+/m1/s1. The summed E-state index contributed by atoms with van der Waals surface area (Å²) in [7, 11) is 0. The van der Waals surface area contributed by atoms with Gasteiger partial charge in [0.1, 0.15) is 6.10 Å². The van der Waals surface area contributed by atoms with Gasteiger partial charge in [-0.05, 0) is 36.4 Å². The minimum atomic E-state index is -2.23. The van der Waals surface area contributed by atoms with Crippen molar-refractivity contribution in [2.24, 2.45) is 0 Å². The molecule has 0 radical (unpaired) electrons. The van der Waals surface area contributed by atoms with Crippen molar-refractivity contribution in [1.82, 2.24) is 0 Å². The molecule has 18 nitrogen and oxygen atoms in total. The summed E-state index contributed by atoms with van der Waals surface area (Å²) in [6, 6.07) is 3.98. The Bertz CT molecular complexity index is 1580. The van der Waals surface area contributed by atoms with Crippen LogP contribution in [0.3, 0.4) is 0 Å². The van der Waals surface area contributed by atoms with Gasteiger partial charge < -0.3 is 75.1 Å². The van der Waals surface area contributed by atoms with Gasteiger partial charge in [-0.3, -0.25) is 0 Å². The molecule has 1 fully saturated rings. The van der Waals surface area contributed by atoms with E-state index in [2.05, 4.69) is 0 Å². The molecule has 240 valence electrons. The number of phenolic OH excluding ortho intramolecular Hbond substituents is 9. The van der Waals surface area contributed by atoms with E-state index in [9.17, 15) is 70.6 Å². The zero-order chi connectivity index (χ0) is 33.3. The third kappa shape index (κ3) is 6.42. The Morgan fingerprint density at radius 2 is 0.822 bits per heavy atom. The molecule has 0 aliphatic carbocycles. The van der Waals surface area contributed by atoms with E-state index < -0.39 is 124 Å². The molecule has 45 heavy (non-hydrogen) atoms. The minimum Gasteiger partial charge on any atom is -0.504 e. The molecule has 1 aliphatic heterocycles. The summed E-state index contributed by atoms with van der Waals surface area (Å²) in [6.45, 7) is -1.03. The number of carbonyl (C=O) groups excluding carboxylic acids is 3. The van der Waals surface area contributed by atoms with Crippen LogP contribution in [0, 0.1) is 0 Å². The number of esters is 3. The van der Waals surface area contributed by atoms with E-state index in [-0.39, 0.29) is 0 Å². The van der Waals surface area contributed by atoms with E-state index in [0.717, 1.165) is 0 Å². The van der Waals surface area contributed by atoms with Crippen LogP contribution in [0.4, 0.5) is 0 Å². The second-order valence-corrected chi connectivity index (χ2v) is 9.45. The molecule has 3 aromatic carbocycles. The van der Waals surface area contributed by atoms with E-state index in [0.29, 0.717) is 36.4 Å². The summed E-state index contributed by atoms with van der Waals surface area (Å²) in [5.74, 6) is -13.0. The van der Waals surface area contributed by atoms with Gasteiger partial charge in [-0.1, -0.05) is 0 Å². The first kappa shape index (κ1) is 32.1. The molecular weight excluding hydrogens is 612 g/mol. The molecule has 0 amide bonds. The highest BCUT2D eigenvalue weighted by Gasteiger charge is 2.52. The quantitative estimate of drug-likeness (QED) is 0.0902. The third-order valence-electron chi connectivity index (χ3n) is 6.43. The first-order valence-corrected chi connectivity index (χ1v) is 12.4. The molecule has 4 rings (SSSR count). The van der Waals surface area contributed by atoms with Crippen molar-refractivity contribution >= 4 is 17.9 Å². The Hall–Kier alpha value is -5.85. The highest BCUT2D eigenvalue weighted by molar-refractivity contribution is 5.93. The highest BCUT2D eigenvalue weighted by Crippen LogP contribution is 2.39. The number of rotatable bonds is 7. The Morgan fingerprint density at radius 1 is 0.533 bits per heavy atom. The molecule has 0 unspecified atom stereocenters. The fourth-order valence-corrected chi connectivity index (χ4v) is 4.19. The minimum absolute atomic E-state index is 0.590. The SMILES string of the molecule is O=C(O[C@@H]1[C@@H](OC(=O)c2cc(O)c(O)c(O)c2)[C@@H](O)O[C@H](CO)[C@H]1OC(=O)c1cc(O)c(O)c(O)c1)c1cc(O)c(O)c(O)c1. The first-order chi connectivity index (χ1) is 21.1. The summed E-state index contributed by atoms with van der Waals surface area (Å²) in [6.07, 6.45) is -10.2. The van der Waals surface area contributed by atoms with Gasteiger partial charge in [-0.25, -0.2) is 14.4 Å². The summed E-state index contributed by atoms with van der Waals surface area (Å²) in [4.78, 5) is 39.1. The maximum atomic E-state index is 13.1. The fourth-order valence-electron chi connectivity index (χ4n) is 4.19. The van der Waals surface area contributed by atoms with E-state index in [1.807, 2.05) is 0 Å². The largest absolute Gasteiger partial charge is 0.504 e. The van der Waals surface area contributed by atoms with Gasteiger partial charge in [0.2, 0.25) is 0 Å². The van der Waals surface area contributed by atoms with Gasteiger partial charge in [0.15, 0.2) is 76.3 Å². The molecule has 1 aliphatic rings. The highest BCUT2D eigenvalue weighted by atomic mass is 16.7. The lowest BCUT2D eigenvalue weighted by molar-refractivity contribution is -0.284. The van der Waals surface area contributed by atoms with Gasteiger partial charge in [0, 0.05) is 0 Å². The molecular formula is C27H24O18. The predicted octanol–water partition coefficient (Wildman–Crippen LogP) is -0.277. The molecule has 5 atom stereocenters. The average Bonchev–Trinajstić information content (AvgIpc) is 2.99. The lowest BCUT2D eigenvalue weighted by Gasteiger charge is -2.42. The van der Waals surface area contributed by atoms with Gasteiger partial charge in [0.05, 0.1) is 23.3 Å². The molecule has 0 spiro atoms. The van der Waals surface area contributed by atoms with E-state index >= 15 is 0 Å². The number of ether oxygens (including phenoxy) is 4. The molecule has 1 saturated heterocycles. The Kier molecular flexibility index (Phi) is 8.84. The second kappa shape index (κ2) is 12.4. The van der Waals surface area contributed by atoms with Gasteiger partial charge in [-0.2, -0.15) is 0 Å². The van der Waals surface area contributed by atoms with Crippen LogP contribution in [0.15, 0.2) is 36.4 Å². The van der Waals surface area contributed by atoms with Gasteiger partial charge in [-0.15, -0.1) is 0 Å². The van der Waals surface area contributed by atoms with Crippen LogP contribution in [0.1, 0.15) is 31.1 Å². The summed E-state index contributed by atoms with van der Waals surface area (Å²) in [5, 5.41) is 108. The molecule has 11 N–H and O–H groups in total. The number of carbonyl (C=O) groups is 3. The van der Waals surface area contributed by atoms with Crippen LogP contribution < -0.4 is 0 Å². The first-order valence-electron chi connectivity index (χ1n) is 12.4. The average molecular weight is 636 g/mol. The number of aromatic hydroxyl groups is 9. The number of hydrogen-bond donors (Lipinski definition) is 11. The summed E-state index contributed by atoms with van der Waals surface area (Å²) >= 11 is 0. The Labute approximate surface area is 249 Å². The lowest BCUT2D eigenvalue weighted by atomic mass is 9.97. The van der Waals surface area contributed by atoms with E-state index in [1.165, 1.54) is 0 Å². The van der Waals surface area contributed by atoms with Crippen molar-refractivity contribution in [1.29, 1.82) is 0 Å². The van der Waals surface area contributed by atoms with Crippen LogP contribution in [-0.4, -0.2) is 111 Å². The number of hydrogen-bond acceptors (Lipinski definition) is 18. The topological polar surface area (TPSA) is 311 Å².